The molecule has 2 N–H and O–H groups in total. The lowest BCUT2D eigenvalue weighted by molar-refractivity contribution is -0.149. The van der Waals surface area contributed by atoms with E-state index in [4.69, 9.17) is 9.47 Å². The molecule has 2 saturated heterocycles. The molecule has 0 spiro atoms. The van der Waals surface area contributed by atoms with Crippen LogP contribution in [0.3, 0.4) is 0 Å². The number of aliphatic hydroxyl groups excluding tert-OH is 1. The minimum atomic E-state index is -3.72. The van der Waals surface area contributed by atoms with Crippen LogP contribution in [0.5, 0.6) is 5.75 Å². The first-order valence-corrected chi connectivity index (χ1v) is 13.4. The summed E-state index contributed by atoms with van der Waals surface area (Å²) in [6, 6.07) is 13.4. The monoisotopic (exact) mass is 486 g/mol. The van der Waals surface area contributed by atoms with Crippen LogP contribution in [-0.2, 0) is 19.6 Å². The second-order valence-electron chi connectivity index (χ2n) is 9.22. The lowest BCUT2D eigenvalue weighted by Crippen LogP contribution is -2.48. The Morgan fingerprint density at radius 2 is 1.85 bits per heavy atom. The van der Waals surface area contributed by atoms with Crippen molar-refractivity contribution in [3.63, 3.8) is 0 Å². The Labute approximate surface area is 199 Å². The van der Waals surface area contributed by atoms with Crippen molar-refractivity contribution >= 4 is 21.6 Å². The van der Waals surface area contributed by atoms with Crippen molar-refractivity contribution in [3.8, 4) is 5.75 Å². The number of nitrogens with one attached hydrogen (secondary N) is 1. The van der Waals surface area contributed by atoms with Crippen molar-refractivity contribution in [2.45, 2.75) is 61.2 Å². The van der Waals surface area contributed by atoms with Gasteiger partial charge < -0.3 is 19.5 Å². The molecule has 0 unspecified atom stereocenters. The van der Waals surface area contributed by atoms with E-state index < -0.39 is 16.1 Å². The number of anilines is 1. The number of hydrogen-bond acceptors (Lipinski definition) is 6. The SMILES string of the molecule is O=C(C[C@@H]1C[C@H]2c3cc(NS(=O)(=O)c4ccccc4)ccc3O[C@H]2[C@@H](CO)O1)N1CCCCC1. The van der Waals surface area contributed by atoms with Crippen molar-refractivity contribution in [1.29, 1.82) is 0 Å². The fourth-order valence-corrected chi connectivity index (χ4v) is 6.30. The van der Waals surface area contributed by atoms with Gasteiger partial charge in [0.05, 0.1) is 24.0 Å². The van der Waals surface area contributed by atoms with E-state index in [1.165, 1.54) is 0 Å². The number of sulfonamides is 1. The van der Waals surface area contributed by atoms with Crippen LogP contribution < -0.4 is 9.46 Å². The third kappa shape index (κ3) is 4.64. The Bertz CT molecular complexity index is 1130. The van der Waals surface area contributed by atoms with Crippen LogP contribution >= 0.6 is 0 Å². The van der Waals surface area contributed by atoms with Crippen LogP contribution in [0.2, 0.25) is 0 Å². The number of carbonyl (C=O) groups excluding carboxylic acids is 1. The number of nitrogens with zero attached hydrogens (tertiary/aromatic N) is 1. The molecule has 3 aliphatic heterocycles. The van der Waals surface area contributed by atoms with Crippen molar-refractivity contribution in [1.82, 2.24) is 4.90 Å². The van der Waals surface area contributed by atoms with Gasteiger partial charge in [0.15, 0.2) is 0 Å². The maximum absolute atomic E-state index is 12.8. The van der Waals surface area contributed by atoms with E-state index in [-0.39, 0.29) is 42.0 Å². The van der Waals surface area contributed by atoms with Crippen LogP contribution in [0.1, 0.15) is 43.6 Å². The number of fused-ring (bicyclic) bond motifs is 3. The molecule has 182 valence electrons. The Morgan fingerprint density at radius 3 is 2.59 bits per heavy atom. The number of likely N-dealkylation sites (tertiary alicyclic amines) is 1. The lowest BCUT2D eigenvalue weighted by Gasteiger charge is -2.38. The molecule has 5 rings (SSSR count). The molecule has 4 atom stereocenters. The normalized spacial score (nSPS) is 26.3. The number of piperidine rings is 1. The first-order valence-electron chi connectivity index (χ1n) is 11.9. The van der Waals surface area contributed by atoms with Gasteiger partial charge in [0, 0.05) is 30.3 Å². The van der Waals surface area contributed by atoms with E-state index in [9.17, 15) is 18.3 Å². The van der Waals surface area contributed by atoms with Gasteiger partial charge in [0.25, 0.3) is 10.0 Å². The Morgan fingerprint density at radius 1 is 1.09 bits per heavy atom. The van der Waals surface area contributed by atoms with E-state index >= 15 is 0 Å². The van der Waals surface area contributed by atoms with E-state index in [2.05, 4.69) is 4.72 Å². The summed E-state index contributed by atoms with van der Waals surface area (Å²) in [4.78, 5) is 14.9. The molecule has 34 heavy (non-hydrogen) atoms. The first kappa shape index (κ1) is 23.1. The number of hydrogen-bond donors (Lipinski definition) is 2. The van der Waals surface area contributed by atoms with Crippen LogP contribution in [-0.4, -0.2) is 62.3 Å². The average Bonchev–Trinajstić information content (AvgIpc) is 3.22. The Balaban J connectivity index is 1.34. The van der Waals surface area contributed by atoms with Crippen LogP contribution in [0.15, 0.2) is 53.4 Å². The van der Waals surface area contributed by atoms with E-state index in [1.54, 1.807) is 48.5 Å². The molecule has 2 aromatic carbocycles. The van der Waals surface area contributed by atoms with Gasteiger partial charge in [-0.05, 0) is 56.0 Å². The maximum Gasteiger partial charge on any atom is 0.261 e. The van der Waals surface area contributed by atoms with Gasteiger partial charge in [-0.1, -0.05) is 18.2 Å². The third-order valence-corrected chi connectivity index (χ3v) is 8.31. The topological polar surface area (TPSA) is 105 Å². The van der Waals surface area contributed by atoms with E-state index in [1.807, 2.05) is 4.90 Å². The minimum absolute atomic E-state index is 0.0864. The largest absolute Gasteiger partial charge is 0.487 e. The van der Waals surface area contributed by atoms with Crippen molar-refractivity contribution in [3.05, 3.63) is 54.1 Å². The molecule has 0 saturated carbocycles. The van der Waals surface area contributed by atoms with Crippen molar-refractivity contribution in [2.75, 3.05) is 24.4 Å². The summed E-state index contributed by atoms with van der Waals surface area (Å²) >= 11 is 0. The molecule has 2 fully saturated rings. The molecule has 0 aromatic heterocycles. The molecular weight excluding hydrogens is 456 g/mol. The molecule has 3 aliphatic rings. The third-order valence-electron chi connectivity index (χ3n) is 6.92. The lowest BCUT2D eigenvalue weighted by atomic mass is 9.84. The minimum Gasteiger partial charge on any atom is -0.487 e. The van der Waals surface area contributed by atoms with Gasteiger partial charge in [-0.25, -0.2) is 8.42 Å². The summed E-state index contributed by atoms with van der Waals surface area (Å²) in [6.45, 7) is 1.37. The number of ether oxygens (including phenoxy) is 2. The highest BCUT2D eigenvalue weighted by molar-refractivity contribution is 7.92. The van der Waals surface area contributed by atoms with Crippen molar-refractivity contribution in [2.24, 2.45) is 0 Å². The van der Waals surface area contributed by atoms with E-state index in [0.29, 0.717) is 17.9 Å². The second-order valence-corrected chi connectivity index (χ2v) is 10.9. The number of rotatable bonds is 6. The smallest absolute Gasteiger partial charge is 0.261 e. The highest BCUT2D eigenvalue weighted by Crippen LogP contribution is 2.47. The molecule has 1 amide bonds. The highest BCUT2D eigenvalue weighted by Gasteiger charge is 2.46. The first-order chi connectivity index (χ1) is 16.4. The summed E-state index contributed by atoms with van der Waals surface area (Å²) in [6.07, 6.45) is 2.82. The zero-order valence-electron chi connectivity index (χ0n) is 18.9. The van der Waals surface area contributed by atoms with Crippen LogP contribution in [0.25, 0.3) is 0 Å². The maximum atomic E-state index is 12.8. The number of carbonyl (C=O) groups is 1. The summed E-state index contributed by atoms with van der Waals surface area (Å²) < 4.78 is 40.4. The van der Waals surface area contributed by atoms with Crippen LogP contribution in [0, 0.1) is 0 Å². The molecule has 8 nitrogen and oxygen atoms in total. The summed E-state index contributed by atoms with van der Waals surface area (Å²) in [5, 5.41) is 9.96. The fourth-order valence-electron chi connectivity index (χ4n) is 5.23. The number of amides is 1. The highest BCUT2D eigenvalue weighted by atomic mass is 32.2. The van der Waals surface area contributed by atoms with Crippen molar-refractivity contribution < 1.29 is 27.8 Å². The quantitative estimate of drug-likeness (QED) is 0.651. The van der Waals surface area contributed by atoms with Gasteiger partial charge in [-0.3, -0.25) is 9.52 Å². The zero-order chi connectivity index (χ0) is 23.7. The van der Waals surface area contributed by atoms with E-state index in [0.717, 1.165) is 37.9 Å². The molecule has 0 aliphatic carbocycles. The standard InChI is InChI=1S/C25H30N2O6S/c28-16-23-25-21(14-18(32-23)15-24(29)27-11-5-2-6-12-27)20-13-17(9-10-22(20)33-25)26-34(30,31)19-7-3-1-4-8-19/h1,3-4,7-10,13,18,21,23,25-26,28H,2,5-6,11-12,14-16H2/t18-,21-,23+,25+/m0/s1. The zero-order valence-corrected chi connectivity index (χ0v) is 19.7. The second kappa shape index (κ2) is 9.56. The molecule has 0 radical (unpaired) electrons. The fraction of sp³-hybridized carbons (Fsp3) is 0.480. The molecule has 9 heteroatoms. The molecule has 0 bridgehead atoms. The van der Waals surface area contributed by atoms with Gasteiger partial charge in [-0.2, -0.15) is 0 Å². The van der Waals surface area contributed by atoms with Gasteiger partial charge >= 0.3 is 0 Å². The number of benzene rings is 2. The molecule has 2 aromatic rings. The summed E-state index contributed by atoms with van der Waals surface area (Å²) in [5.41, 5.74) is 1.32. The van der Waals surface area contributed by atoms with Gasteiger partial charge in [0.2, 0.25) is 5.91 Å². The number of aliphatic hydroxyl groups is 1. The summed E-state index contributed by atoms with van der Waals surface area (Å²) in [7, 11) is -3.72. The summed E-state index contributed by atoms with van der Waals surface area (Å²) in [5.74, 6) is 0.646. The average molecular weight is 487 g/mol. The molecular formula is C25H30N2O6S. The Kier molecular flexibility index (Phi) is 6.50. The van der Waals surface area contributed by atoms with Gasteiger partial charge in [-0.15, -0.1) is 0 Å². The van der Waals surface area contributed by atoms with Gasteiger partial charge in [0.1, 0.15) is 18.0 Å². The molecule has 3 heterocycles. The Hall–Kier alpha value is -2.62. The predicted octanol–water partition coefficient (Wildman–Crippen LogP) is 2.88. The predicted molar refractivity (Wildman–Crippen MR) is 126 cm³/mol. The van der Waals surface area contributed by atoms with Crippen LogP contribution in [0.4, 0.5) is 5.69 Å².